The van der Waals surface area contributed by atoms with E-state index in [0.29, 0.717) is 12.3 Å². The molecule has 2 heterocycles. The van der Waals surface area contributed by atoms with Crippen LogP contribution >= 0.6 is 0 Å². The van der Waals surface area contributed by atoms with Crippen molar-refractivity contribution in [3.8, 4) is 0 Å². The minimum absolute atomic E-state index is 0.0166. The summed E-state index contributed by atoms with van der Waals surface area (Å²) in [5.74, 6) is 1.50. The number of carbonyl (C=O) groups is 1. The highest BCUT2D eigenvalue weighted by atomic mass is 32.2. The van der Waals surface area contributed by atoms with Crippen LogP contribution in [-0.4, -0.2) is 70.3 Å². The minimum Gasteiger partial charge on any atom is -0.338 e. The normalized spacial score (nSPS) is 27.7. The van der Waals surface area contributed by atoms with E-state index >= 15 is 0 Å². The smallest absolute Gasteiger partial charge is 0.317 e. The maximum Gasteiger partial charge on any atom is 0.317 e. The fourth-order valence-electron chi connectivity index (χ4n) is 3.24. The summed E-state index contributed by atoms with van der Waals surface area (Å²) in [6.07, 6.45) is 5.67. The Bertz CT molecular complexity index is 397. The zero-order valence-corrected chi connectivity index (χ0v) is 15.6. The molecule has 2 aliphatic heterocycles. The van der Waals surface area contributed by atoms with Gasteiger partial charge in [-0.05, 0) is 57.7 Å². The van der Waals surface area contributed by atoms with E-state index in [1.54, 1.807) is 0 Å². The Morgan fingerprint density at radius 2 is 1.83 bits per heavy atom. The summed E-state index contributed by atoms with van der Waals surface area (Å²) in [4.78, 5) is 16.5. The SMILES string of the molecule is CC1CCN(CCCCNC(=O)N2CC[C@H](C)[S@@](=O)CC2)CC1. The van der Waals surface area contributed by atoms with E-state index < -0.39 is 10.8 Å². The van der Waals surface area contributed by atoms with Crippen LogP contribution in [-0.2, 0) is 10.8 Å². The molecule has 5 nitrogen and oxygen atoms in total. The number of piperidine rings is 1. The van der Waals surface area contributed by atoms with Crippen molar-refractivity contribution in [3.63, 3.8) is 0 Å². The van der Waals surface area contributed by atoms with Crippen LogP contribution in [0.1, 0.15) is 46.0 Å². The average molecular weight is 344 g/mol. The largest absolute Gasteiger partial charge is 0.338 e. The Kier molecular flexibility index (Phi) is 7.83. The Morgan fingerprint density at radius 1 is 1.09 bits per heavy atom. The number of nitrogens with zero attached hydrogens (tertiary/aromatic N) is 2. The lowest BCUT2D eigenvalue weighted by Crippen LogP contribution is -2.41. The van der Waals surface area contributed by atoms with E-state index in [-0.39, 0.29) is 11.3 Å². The van der Waals surface area contributed by atoms with E-state index in [1.807, 2.05) is 11.8 Å². The van der Waals surface area contributed by atoms with Crippen molar-refractivity contribution in [3.05, 3.63) is 0 Å². The molecule has 2 saturated heterocycles. The summed E-state index contributed by atoms with van der Waals surface area (Å²) in [6, 6.07) is 0.0166. The molecule has 0 aromatic carbocycles. The van der Waals surface area contributed by atoms with Gasteiger partial charge in [0.25, 0.3) is 0 Å². The molecule has 134 valence electrons. The van der Waals surface area contributed by atoms with E-state index in [4.69, 9.17) is 0 Å². The summed E-state index contributed by atoms with van der Waals surface area (Å²) >= 11 is 0. The molecule has 2 atom stereocenters. The third-order valence-corrected chi connectivity index (χ3v) is 6.88. The Morgan fingerprint density at radius 3 is 2.57 bits per heavy atom. The number of unbranched alkanes of at least 4 members (excludes halogenated alkanes) is 1. The minimum atomic E-state index is -0.781. The van der Waals surface area contributed by atoms with Crippen molar-refractivity contribution in [2.24, 2.45) is 5.92 Å². The number of likely N-dealkylation sites (tertiary alicyclic amines) is 1. The molecular formula is C17H33N3O2S. The maximum atomic E-state index is 12.2. The van der Waals surface area contributed by atoms with Crippen LogP contribution in [0.2, 0.25) is 0 Å². The van der Waals surface area contributed by atoms with Gasteiger partial charge in [0.1, 0.15) is 0 Å². The first kappa shape index (κ1) is 18.7. The number of urea groups is 1. The fourth-order valence-corrected chi connectivity index (χ4v) is 4.41. The molecule has 23 heavy (non-hydrogen) atoms. The molecule has 2 rings (SSSR count). The summed E-state index contributed by atoms with van der Waals surface area (Å²) in [5, 5.41) is 3.23. The van der Waals surface area contributed by atoms with Gasteiger partial charge in [-0.15, -0.1) is 0 Å². The second-order valence-electron chi connectivity index (χ2n) is 7.13. The highest BCUT2D eigenvalue weighted by molar-refractivity contribution is 7.85. The Labute approximate surface area is 143 Å². The van der Waals surface area contributed by atoms with Gasteiger partial charge in [0.2, 0.25) is 0 Å². The zero-order valence-electron chi connectivity index (χ0n) is 14.8. The van der Waals surface area contributed by atoms with Gasteiger partial charge in [-0.25, -0.2) is 4.79 Å². The van der Waals surface area contributed by atoms with Crippen LogP contribution < -0.4 is 5.32 Å². The van der Waals surface area contributed by atoms with Crippen molar-refractivity contribution >= 4 is 16.8 Å². The monoisotopic (exact) mass is 343 g/mol. The van der Waals surface area contributed by atoms with Gasteiger partial charge in [-0.2, -0.15) is 0 Å². The molecular weight excluding hydrogens is 310 g/mol. The van der Waals surface area contributed by atoms with Gasteiger partial charge in [-0.1, -0.05) is 13.8 Å². The Balaban J connectivity index is 1.55. The molecule has 0 radical (unpaired) electrons. The summed E-state index contributed by atoms with van der Waals surface area (Å²) < 4.78 is 11.8. The molecule has 0 unspecified atom stereocenters. The summed E-state index contributed by atoms with van der Waals surface area (Å²) in [5.41, 5.74) is 0. The topological polar surface area (TPSA) is 52.7 Å². The number of amides is 2. The number of nitrogens with one attached hydrogen (secondary N) is 1. The number of carbonyl (C=O) groups excluding carboxylic acids is 1. The van der Waals surface area contributed by atoms with Gasteiger partial charge in [0.05, 0.1) is 0 Å². The predicted molar refractivity (Wildman–Crippen MR) is 96.1 cm³/mol. The molecule has 0 bridgehead atoms. The van der Waals surface area contributed by atoms with E-state index in [2.05, 4.69) is 17.1 Å². The third-order valence-electron chi connectivity index (χ3n) is 5.16. The molecule has 2 amide bonds. The molecule has 6 heteroatoms. The lowest BCUT2D eigenvalue weighted by atomic mass is 9.99. The van der Waals surface area contributed by atoms with Gasteiger partial charge < -0.3 is 15.1 Å². The molecule has 2 fully saturated rings. The van der Waals surface area contributed by atoms with Crippen LogP contribution in [0.25, 0.3) is 0 Å². The van der Waals surface area contributed by atoms with E-state index in [1.165, 1.54) is 25.9 Å². The highest BCUT2D eigenvalue weighted by Gasteiger charge is 2.22. The van der Waals surface area contributed by atoms with E-state index in [9.17, 15) is 9.00 Å². The first-order chi connectivity index (χ1) is 11.1. The second-order valence-corrected chi connectivity index (χ2v) is 9.11. The second kappa shape index (κ2) is 9.62. The number of hydrogen-bond donors (Lipinski definition) is 1. The third kappa shape index (κ3) is 6.42. The summed E-state index contributed by atoms with van der Waals surface area (Å²) in [7, 11) is -0.781. The van der Waals surface area contributed by atoms with Crippen LogP contribution in [0, 0.1) is 5.92 Å². The van der Waals surface area contributed by atoms with Crippen molar-refractivity contribution in [1.29, 1.82) is 0 Å². The van der Waals surface area contributed by atoms with Gasteiger partial charge >= 0.3 is 6.03 Å². The van der Waals surface area contributed by atoms with Crippen molar-refractivity contribution in [1.82, 2.24) is 15.1 Å². The Hall–Kier alpha value is -0.620. The van der Waals surface area contributed by atoms with Crippen LogP contribution in [0.3, 0.4) is 0 Å². The van der Waals surface area contributed by atoms with Crippen molar-refractivity contribution in [2.75, 3.05) is 45.0 Å². The molecule has 0 aromatic heterocycles. The van der Waals surface area contributed by atoms with Crippen LogP contribution in [0.15, 0.2) is 0 Å². The maximum absolute atomic E-state index is 12.2. The standard InChI is InChI=1S/C17H33N3O2S/c1-15-5-10-19(11-6-15)9-4-3-8-18-17(21)20-12-7-16(2)23(22)14-13-20/h15-16H,3-14H2,1-2H3,(H,18,21)/t16-,23-/m0/s1. The molecule has 0 aromatic rings. The fraction of sp³-hybridized carbons (Fsp3) is 0.941. The van der Waals surface area contributed by atoms with Crippen molar-refractivity contribution < 1.29 is 9.00 Å². The van der Waals surface area contributed by atoms with Gasteiger partial charge in [0, 0.05) is 41.4 Å². The first-order valence-corrected chi connectivity index (χ1v) is 10.6. The lowest BCUT2D eigenvalue weighted by molar-refractivity contribution is 0.188. The molecule has 0 spiro atoms. The van der Waals surface area contributed by atoms with E-state index in [0.717, 1.165) is 44.8 Å². The number of hydrogen-bond acceptors (Lipinski definition) is 3. The average Bonchev–Trinajstić information content (AvgIpc) is 2.71. The molecule has 2 aliphatic rings. The number of rotatable bonds is 5. The van der Waals surface area contributed by atoms with Gasteiger partial charge in [0.15, 0.2) is 0 Å². The first-order valence-electron chi connectivity index (χ1n) is 9.18. The summed E-state index contributed by atoms with van der Waals surface area (Å²) in [6.45, 7) is 10.1. The zero-order chi connectivity index (χ0) is 16.7. The molecule has 0 saturated carbocycles. The molecule has 0 aliphatic carbocycles. The molecule has 1 N–H and O–H groups in total. The van der Waals surface area contributed by atoms with Crippen molar-refractivity contribution in [2.45, 2.75) is 51.2 Å². The predicted octanol–water partition coefficient (Wildman–Crippen LogP) is 2.05. The van der Waals surface area contributed by atoms with Crippen LogP contribution in [0.5, 0.6) is 0 Å². The van der Waals surface area contributed by atoms with Crippen LogP contribution in [0.4, 0.5) is 4.79 Å². The highest BCUT2D eigenvalue weighted by Crippen LogP contribution is 2.16. The quantitative estimate of drug-likeness (QED) is 0.777. The lowest BCUT2D eigenvalue weighted by Gasteiger charge is -2.30. The van der Waals surface area contributed by atoms with Gasteiger partial charge in [-0.3, -0.25) is 4.21 Å².